The Morgan fingerprint density at radius 1 is 1.16 bits per heavy atom. The minimum absolute atomic E-state index is 0.113. The van der Waals surface area contributed by atoms with Crippen LogP contribution in [0.4, 0.5) is 0 Å². The van der Waals surface area contributed by atoms with Crippen LogP contribution >= 0.6 is 0 Å². The second kappa shape index (κ2) is 7.64. The molecule has 132 valence electrons. The molecule has 1 saturated heterocycles. The average molecular weight is 340 g/mol. The van der Waals surface area contributed by atoms with Crippen molar-refractivity contribution < 1.29 is 14.3 Å². The number of likely N-dealkylation sites (tertiary alicyclic amines) is 1. The molecule has 2 aromatic rings. The summed E-state index contributed by atoms with van der Waals surface area (Å²) in [5.74, 6) is -0.574. The van der Waals surface area contributed by atoms with Gasteiger partial charge >= 0.3 is 5.97 Å². The molecule has 0 unspecified atom stereocenters. The SMILES string of the molecule is CCc1nc2ccccc2c(C)c1C(=O)OCC(=O)N1CCCCC1. The summed E-state index contributed by atoms with van der Waals surface area (Å²) in [5.41, 5.74) is 2.94. The van der Waals surface area contributed by atoms with Gasteiger partial charge in [-0.1, -0.05) is 25.1 Å². The molecule has 5 heteroatoms. The number of aromatic nitrogens is 1. The van der Waals surface area contributed by atoms with Gasteiger partial charge in [-0.15, -0.1) is 0 Å². The number of aryl methyl sites for hydroxylation is 2. The molecule has 0 spiro atoms. The molecular weight excluding hydrogens is 316 g/mol. The van der Waals surface area contributed by atoms with E-state index in [1.54, 1.807) is 4.90 Å². The molecule has 5 nitrogen and oxygen atoms in total. The van der Waals surface area contributed by atoms with E-state index in [0.29, 0.717) is 17.7 Å². The molecular formula is C20H24N2O3. The fourth-order valence-corrected chi connectivity index (χ4v) is 3.40. The van der Waals surface area contributed by atoms with E-state index in [4.69, 9.17) is 4.74 Å². The van der Waals surface area contributed by atoms with Gasteiger partial charge in [-0.3, -0.25) is 9.78 Å². The van der Waals surface area contributed by atoms with E-state index in [9.17, 15) is 9.59 Å². The van der Waals surface area contributed by atoms with Crippen molar-refractivity contribution in [3.63, 3.8) is 0 Å². The highest BCUT2D eigenvalue weighted by molar-refractivity contribution is 5.99. The Balaban J connectivity index is 1.79. The highest BCUT2D eigenvalue weighted by atomic mass is 16.5. The molecule has 0 N–H and O–H groups in total. The first kappa shape index (κ1) is 17.4. The molecule has 1 aliphatic heterocycles. The van der Waals surface area contributed by atoms with Crippen LogP contribution in [0.2, 0.25) is 0 Å². The van der Waals surface area contributed by atoms with Crippen LogP contribution in [0, 0.1) is 6.92 Å². The standard InChI is InChI=1S/C20H24N2O3/c1-3-16-19(14(2)15-9-5-6-10-17(15)21-16)20(24)25-13-18(23)22-11-7-4-8-12-22/h5-6,9-10H,3-4,7-8,11-13H2,1-2H3. The Hall–Kier alpha value is -2.43. The van der Waals surface area contributed by atoms with Crippen molar-refractivity contribution in [1.29, 1.82) is 0 Å². The summed E-state index contributed by atoms with van der Waals surface area (Å²) >= 11 is 0. The van der Waals surface area contributed by atoms with Crippen LogP contribution in [0.15, 0.2) is 24.3 Å². The lowest BCUT2D eigenvalue weighted by molar-refractivity contribution is -0.135. The smallest absolute Gasteiger partial charge is 0.340 e. The first-order valence-electron chi connectivity index (χ1n) is 8.95. The Bertz CT molecular complexity index is 795. The van der Waals surface area contributed by atoms with Gasteiger partial charge in [-0.25, -0.2) is 4.79 Å². The summed E-state index contributed by atoms with van der Waals surface area (Å²) in [7, 11) is 0. The minimum atomic E-state index is -0.460. The number of hydrogen-bond acceptors (Lipinski definition) is 4. The van der Waals surface area contributed by atoms with E-state index >= 15 is 0 Å². The molecule has 25 heavy (non-hydrogen) atoms. The van der Waals surface area contributed by atoms with Gasteiger partial charge in [0.1, 0.15) is 0 Å². The minimum Gasteiger partial charge on any atom is -0.452 e. The number of esters is 1. The number of amides is 1. The molecule has 0 aliphatic carbocycles. The molecule has 0 bridgehead atoms. The quantitative estimate of drug-likeness (QED) is 0.802. The maximum absolute atomic E-state index is 12.6. The number of nitrogens with zero attached hydrogens (tertiary/aromatic N) is 2. The van der Waals surface area contributed by atoms with Crippen LogP contribution in [-0.2, 0) is 16.0 Å². The summed E-state index contributed by atoms with van der Waals surface area (Å²) in [5, 5.41) is 0.939. The van der Waals surface area contributed by atoms with E-state index in [0.717, 1.165) is 48.8 Å². The maximum Gasteiger partial charge on any atom is 0.340 e. The van der Waals surface area contributed by atoms with Gasteiger partial charge in [-0.2, -0.15) is 0 Å². The lowest BCUT2D eigenvalue weighted by atomic mass is 10.0. The maximum atomic E-state index is 12.6. The summed E-state index contributed by atoms with van der Waals surface area (Å²) in [6.45, 7) is 5.19. The van der Waals surface area contributed by atoms with Crippen LogP contribution in [0.25, 0.3) is 10.9 Å². The number of carbonyl (C=O) groups is 2. The van der Waals surface area contributed by atoms with E-state index in [1.807, 2.05) is 38.1 Å². The number of para-hydroxylation sites is 1. The van der Waals surface area contributed by atoms with Crippen LogP contribution in [0.5, 0.6) is 0 Å². The van der Waals surface area contributed by atoms with Crippen LogP contribution < -0.4 is 0 Å². The van der Waals surface area contributed by atoms with Gasteiger partial charge in [0.2, 0.25) is 0 Å². The number of rotatable bonds is 4. The molecule has 1 fully saturated rings. The van der Waals surface area contributed by atoms with Crippen LogP contribution in [0.3, 0.4) is 0 Å². The molecule has 1 aliphatic rings. The van der Waals surface area contributed by atoms with Crippen molar-refractivity contribution in [2.75, 3.05) is 19.7 Å². The predicted molar refractivity (Wildman–Crippen MR) is 96.6 cm³/mol. The second-order valence-corrected chi connectivity index (χ2v) is 6.45. The Morgan fingerprint density at radius 2 is 1.88 bits per heavy atom. The van der Waals surface area contributed by atoms with Crippen molar-refractivity contribution in [2.24, 2.45) is 0 Å². The zero-order chi connectivity index (χ0) is 17.8. The highest BCUT2D eigenvalue weighted by Gasteiger charge is 2.22. The number of fused-ring (bicyclic) bond motifs is 1. The average Bonchev–Trinajstić information content (AvgIpc) is 2.66. The third kappa shape index (κ3) is 3.65. The van der Waals surface area contributed by atoms with Crippen molar-refractivity contribution in [1.82, 2.24) is 9.88 Å². The summed E-state index contributed by atoms with van der Waals surface area (Å²) in [4.78, 5) is 31.2. The largest absolute Gasteiger partial charge is 0.452 e. The van der Waals surface area contributed by atoms with Crippen LogP contribution in [-0.4, -0.2) is 41.5 Å². The number of benzene rings is 1. The first-order valence-corrected chi connectivity index (χ1v) is 8.95. The summed E-state index contributed by atoms with van der Waals surface area (Å²) in [6, 6.07) is 7.75. The second-order valence-electron chi connectivity index (χ2n) is 6.45. The number of ether oxygens (including phenoxy) is 1. The monoisotopic (exact) mass is 340 g/mol. The zero-order valence-corrected chi connectivity index (χ0v) is 14.9. The van der Waals surface area contributed by atoms with E-state index in [1.165, 1.54) is 0 Å². The Morgan fingerprint density at radius 3 is 2.60 bits per heavy atom. The van der Waals surface area contributed by atoms with E-state index in [2.05, 4.69) is 4.98 Å². The molecule has 2 heterocycles. The molecule has 1 amide bonds. The Labute approximate surface area is 148 Å². The van der Waals surface area contributed by atoms with Crippen molar-refractivity contribution in [2.45, 2.75) is 39.5 Å². The van der Waals surface area contributed by atoms with Crippen LogP contribution in [0.1, 0.15) is 47.8 Å². The van der Waals surface area contributed by atoms with Gasteiger partial charge < -0.3 is 9.64 Å². The lowest BCUT2D eigenvalue weighted by Gasteiger charge is -2.26. The molecule has 1 aromatic heterocycles. The normalized spacial score (nSPS) is 14.6. The predicted octanol–water partition coefficient (Wildman–Crippen LogP) is 3.27. The van der Waals surface area contributed by atoms with Crippen molar-refractivity contribution in [3.05, 3.63) is 41.1 Å². The third-order valence-electron chi connectivity index (χ3n) is 4.80. The van der Waals surface area contributed by atoms with Crippen molar-refractivity contribution >= 4 is 22.8 Å². The fraction of sp³-hybridized carbons (Fsp3) is 0.450. The summed E-state index contributed by atoms with van der Waals surface area (Å²) < 4.78 is 5.35. The fourth-order valence-electron chi connectivity index (χ4n) is 3.40. The number of hydrogen-bond donors (Lipinski definition) is 0. The van der Waals surface area contributed by atoms with Gasteiger partial charge in [0.25, 0.3) is 5.91 Å². The van der Waals surface area contributed by atoms with E-state index in [-0.39, 0.29) is 12.5 Å². The zero-order valence-electron chi connectivity index (χ0n) is 14.9. The van der Waals surface area contributed by atoms with Gasteiger partial charge in [-0.05, 0) is 44.2 Å². The molecule has 3 rings (SSSR count). The number of pyridine rings is 1. The number of carbonyl (C=O) groups excluding carboxylic acids is 2. The van der Waals surface area contributed by atoms with Crippen molar-refractivity contribution in [3.8, 4) is 0 Å². The molecule has 1 aromatic carbocycles. The van der Waals surface area contributed by atoms with Gasteiger partial charge in [0, 0.05) is 18.5 Å². The topological polar surface area (TPSA) is 59.5 Å². The van der Waals surface area contributed by atoms with Gasteiger partial charge in [0.05, 0.1) is 16.8 Å². The molecule has 0 radical (unpaired) electrons. The third-order valence-corrected chi connectivity index (χ3v) is 4.80. The summed E-state index contributed by atoms with van der Waals surface area (Å²) in [6.07, 6.45) is 3.84. The lowest BCUT2D eigenvalue weighted by Crippen LogP contribution is -2.38. The molecule has 0 atom stereocenters. The number of piperidine rings is 1. The van der Waals surface area contributed by atoms with E-state index < -0.39 is 5.97 Å². The molecule has 0 saturated carbocycles. The van der Waals surface area contributed by atoms with Gasteiger partial charge in [0.15, 0.2) is 6.61 Å². The Kier molecular flexibility index (Phi) is 5.31. The first-order chi connectivity index (χ1) is 12.1. The highest BCUT2D eigenvalue weighted by Crippen LogP contribution is 2.24.